The summed E-state index contributed by atoms with van der Waals surface area (Å²) in [6, 6.07) is 11.8. The van der Waals surface area contributed by atoms with Crippen molar-refractivity contribution in [2.45, 2.75) is 19.8 Å². The first-order chi connectivity index (χ1) is 8.35. The zero-order valence-electron chi connectivity index (χ0n) is 9.90. The van der Waals surface area contributed by atoms with Gasteiger partial charge in [0.1, 0.15) is 5.82 Å². The van der Waals surface area contributed by atoms with Crippen molar-refractivity contribution in [1.82, 2.24) is 4.98 Å². The van der Waals surface area contributed by atoms with E-state index < -0.39 is 0 Å². The number of aromatic nitrogens is 1. The van der Waals surface area contributed by atoms with Crippen LogP contribution >= 0.6 is 0 Å². The maximum atomic E-state index is 9.13. The number of nitrogens with one attached hydrogen (secondary N) is 1. The number of pyridine rings is 1. The number of anilines is 1. The lowest BCUT2D eigenvalue weighted by molar-refractivity contribution is 0.831. The van der Waals surface area contributed by atoms with E-state index in [4.69, 9.17) is 5.26 Å². The van der Waals surface area contributed by atoms with Gasteiger partial charge in [-0.05, 0) is 18.6 Å². The molecule has 0 aliphatic rings. The molecule has 0 fully saturated rings. The van der Waals surface area contributed by atoms with Crippen LogP contribution in [0.4, 0.5) is 5.82 Å². The Labute approximate surface area is 101 Å². The van der Waals surface area contributed by atoms with Crippen molar-refractivity contribution in [1.29, 1.82) is 5.26 Å². The lowest BCUT2D eigenvalue weighted by atomic mass is 10.1. The third kappa shape index (κ3) is 2.54. The van der Waals surface area contributed by atoms with Crippen LogP contribution in [0, 0.1) is 11.3 Å². The molecule has 3 nitrogen and oxygen atoms in total. The molecule has 1 aromatic carbocycles. The van der Waals surface area contributed by atoms with Crippen LogP contribution in [-0.4, -0.2) is 11.5 Å². The molecule has 17 heavy (non-hydrogen) atoms. The Morgan fingerprint density at radius 3 is 2.94 bits per heavy atom. The summed E-state index contributed by atoms with van der Waals surface area (Å²) in [6.45, 7) is 3.04. The Balaban J connectivity index is 2.36. The van der Waals surface area contributed by atoms with Gasteiger partial charge < -0.3 is 5.32 Å². The summed E-state index contributed by atoms with van der Waals surface area (Å²) in [5.41, 5.74) is 1.54. The van der Waals surface area contributed by atoms with Crippen molar-refractivity contribution < 1.29 is 0 Å². The van der Waals surface area contributed by atoms with E-state index in [1.165, 1.54) is 0 Å². The molecule has 0 saturated carbocycles. The highest BCUT2D eigenvalue weighted by Gasteiger charge is 2.04. The van der Waals surface area contributed by atoms with Crippen LogP contribution in [0.15, 0.2) is 30.3 Å². The quantitative estimate of drug-likeness (QED) is 0.812. The van der Waals surface area contributed by atoms with Gasteiger partial charge in [0.25, 0.3) is 0 Å². The second-order valence-corrected chi connectivity index (χ2v) is 3.96. The average Bonchev–Trinajstić information content (AvgIpc) is 2.38. The number of benzene rings is 1. The molecule has 0 unspecified atom stereocenters. The first-order valence-corrected chi connectivity index (χ1v) is 5.89. The molecule has 0 atom stereocenters. The van der Waals surface area contributed by atoms with Gasteiger partial charge in [-0.2, -0.15) is 5.26 Å². The molecule has 1 aromatic heterocycles. The second-order valence-electron chi connectivity index (χ2n) is 3.96. The number of hydrogen-bond donors (Lipinski definition) is 1. The summed E-state index contributed by atoms with van der Waals surface area (Å²) in [6.07, 6.45) is 2.25. The van der Waals surface area contributed by atoms with E-state index in [9.17, 15) is 0 Å². The minimum atomic E-state index is 0.676. The number of fused-ring (bicyclic) bond motifs is 1. The van der Waals surface area contributed by atoms with E-state index in [2.05, 4.69) is 23.3 Å². The normalized spacial score (nSPS) is 10.1. The van der Waals surface area contributed by atoms with Gasteiger partial charge in [0, 0.05) is 11.9 Å². The third-order valence-corrected chi connectivity index (χ3v) is 2.67. The maximum Gasteiger partial charge on any atom is 0.127 e. The predicted octanol–water partition coefficient (Wildman–Crippen LogP) is 3.32. The molecule has 0 aliphatic heterocycles. The summed E-state index contributed by atoms with van der Waals surface area (Å²) >= 11 is 0. The largest absolute Gasteiger partial charge is 0.370 e. The molecule has 0 aliphatic carbocycles. The molecule has 3 heteroatoms. The maximum absolute atomic E-state index is 9.13. The predicted molar refractivity (Wildman–Crippen MR) is 69.9 cm³/mol. The summed E-state index contributed by atoms with van der Waals surface area (Å²) in [5, 5.41) is 13.3. The van der Waals surface area contributed by atoms with Crippen LogP contribution in [0.25, 0.3) is 10.9 Å². The van der Waals surface area contributed by atoms with Gasteiger partial charge in [-0.15, -0.1) is 0 Å². The van der Waals surface area contributed by atoms with Crippen molar-refractivity contribution in [3.8, 4) is 6.07 Å². The van der Waals surface area contributed by atoms with Gasteiger partial charge >= 0.3 is 0 Å². The van der Waals surface area contributed by atoms with Crippen LogP contribution in [0.5, 0.6) is 0 Å². The molecule has 1 heterocycles. The highest BCUT2D eigenvalue weighted by Crippen LogP contribution is 2.19. The number of unbranched alkanes of at least 4 members (excludes halogenated alkanes) is 1. The van der Waals surface area contributed by atoms with Crippen LogP contribution in [0.2, 0.25) is 0 Å². The molecule has 2 rings (SSSR count). The van der Waals surface area contributed by atoms with E-state index in [-0.39, 0.29) is 0 Å². The Hall–Kier alpha value is -2.08. The first kappa shape index (κ1) is 11.4. The van der Waals surface area contributed by atoms with Crippen LogP contribution in [0.1, 0.15) is 25.3 Å². The smallest absolute Gasteiger partial charge is 0.127 e. The number of hydrogen-bond acceptors (Lipinski definition) is 3. The highest BCUT2D eigenvalue weighted by atomic mass is 15.0. The molecule has 0 saturated heterocycles. The van der Waals surface area contributed by atoms with Gasteiger partial charge in [0.2, 0.25) is 0 Å². The van der Waals surface area contributed by atoms with Gasteiger partial charge in [-0.25, -0.2) is 4.98 Å². The summed E-state index contributed by atoms with van der Waals surface area (Å²) < 4.78 is 0. The van der Waals surface area contributed by atoms with Crippen molar-refractivity contribution in [3.05, 3.63) is 35.9 Å². The molecular weight excluding hydrogens is 210 g/mol. The van der Waals surface area contributed by atoms with Gasteiger partial charge in [-0.3, -0.25) is 0 Å². The fraction of sp³-hybridized carbons (Fsp3) is 0.286. The lowest BCUT2D eigenvalue weighted by Gasteiger charge is -2.07. The number of para-hydroxylation sites is 1. The fourth-order valence-electron chi connectivity index (χ4n) is 1.75. The van der Waals surface area contributed by atoms with Gasteiger partial charge in [0.15, 0.2) is 0 Å². The molecule has 0 radical (unpaired) electrons. The van der Waals surface area contributed by atoms with E-state index in [1.54, 1.807) is 0 Å². The zero-order chi connectivity index (χ0) is 12.1. The number of nitrogens with zero attached hydrogens (tertiary/aromatic N) is 2. The van der Waals surface area contributed by atoms with E-state index in [1.807, 2.05) is 30.3 Å². The molecule has 0 amide bonds. The van der Waals surface area contributed by atoms with Gasteiger partial charge in [-0.1, -0.05) is 31.5 Å². The zero-order valence-corrected chi connectivity index (χ0v) is 9.90. The van der Waals surface area contributed by atoms with E-state index >= 15 is 0 Å². The van der Waals surface area contributed by atoms with Crippen molar-refractivity contribution in [3.63, 3.8) is 0 Å². The molecular formula is C14H15N3. The monoisotopic (exact) mass is 225 g/mol. The molecule has 0 bridgehead atoms. The Morgan fingerprint density at radius 2 is 2.18 bits per heavy atom. The van der Waals surface area contributed by atoms with Crippen LogP contribution in [0.3, 0.4) is 0 Å². The molecule has 1 N–H and O–H groups in total. The van der Waals surface area contributed by atoms with Crippen molar-refractivity contribution in [2.75, 3.05) is 11.9 Å². The van der Waals surface area contributed by atoms with Crippen LogP contribution < -0.4 is 5.32 Å². The lowest BCUT2D eigenvalue weighted by Crippen LogP contribution is -2.03. The van der Waals surface area contributed by atoms with E-state index in [0.717, 1.165) is 36.1 Å². The number of nitriles is 1. The average molecular weight is 225 g/mol. The van der Waals surface area contributed by atoms with E-state index in [0.29, 0.717) is 5.56 Å². The third-order valence-electron chi connectivity index (χ3n) is 2.67. The molecule has 0 spiro atoms. The standard InChI is InChI=1S/C14H15N3/c1-2-3-8-16-14-9-11(10-15)12-6-4-5-7-13(12)17-14/h4-7,9H,2-3,8H2,1H3,(H,16,17). The number of rotatable bonds is 4. The Morgan fingerprint density at radius 1 is 1.35 bits per heavy atom. The topological polar surface area (TPSA) is 48.7 Å². The summed E-state index contributed by atoms with van der Waals surface area (Å²) in [5.74, 6) is 0.786. The minimum Gasteiger partial charge on any atom is -0.370 e. The van der Waals surface area contributed by atoms with Crippen molar-refractivity contribution >= 4 is 16.7 Å². The second kappa shape index (κ2) is 5.31. The first-order valence-electron chi connectivity index (χ1n) is 5.89. The SMILES string of the molecule is CCCCNc1cc(C#N)c2ccccc2n1. The summed E-state index contributed by atoms with van der Waals surface area (Å²) in [4.78, 5) is 4.49. The van der Waals surface area contributed by atoms with Crippen LogP contribution in [-0.2, 0) is 0 Å². The Bertz CT molecular complexity index is 555. The minimum absolute atomic E-state index is 0.676. The highest BCUT2D eigenvalue weighted by molar-refractivity contribution is 5.86. The summed E-state index contributed by atoms with van der Waals surface area (Å²) in [7, 11) is 0. The van der Waals surface area contributed by atoms with Crippen molar-refractivity contribution in [2.24, 2.45) is 0 Å². The molecule has 86 valence electrons. The van der Waals surface area contributed by atoms with Gasteiger partial charge in [0.05, 0.1) is 17.1 Å². The Kier molecular flexibility index (Phi) is 3.56. The molecule has 2 aromatic rings. The fourth-order valence-corrected chi connectivity index (χ4v) is 1.75.